The van der Waals surface area contributed by atoms with Gasteiger partial charge in [-0.2, -0.15) is 4.31 Å². The number of amides is 1. The molecule has 1 unspecified atom stereocenters. The summed E-state index contributed by atoms with van der Waals surface area (Å²) in [6, 6.07) is 9.66. The van der Waals surface area contributed by atoms with Crippen molar-refractivity contribution in [3.05, 3.63) is 40.8 Å². The van der Waals surface area contributed by atoms with E-state index in [1.165, 1.54) is 21.3 Å². The van der Waals surface area contributed by atoms with Gasteiger partial charge in [-0.15, -0.1) is 11.3 Å². The highest BCUT2D eigenvalue weighted by molar-refractivity contribution is 7.91. The monoisotopic (exact) mass is 490 g/mol. The standard InChI is InChI=1S/C24H34N4O3S2/c1-4-26-12-14-27(15-13-26)21-8-9-22(18(2)16-21)25-24(29)20-6-5-11-28(17-20)33(30,31)23-10-7-19(3)32-23/h7-10,16,20H,4-6,11-15,17H2,1-3H3,(H,25,29). The van der Waals surface area contributed by atoms with Gasteiger partial charge in [0.15, 0.2) is 0 Å². The first kappa shape index (κ1) is 24.2. The smallest absolute Gasteiger partial charge is 0.252 e. The third kappa shape index (κ3) is 5.42. The molecule has 0 spiro atoms. The number of thiophene rings is 1. The van der Waals surface area contributed by atoms with E-state index in [1.807, 2.05) is 26.0 Å². The molecule has 7 nitrogen and oxygen atoms in total. The molecule has 2 fully saturated rings. The maximum atomic E-state index is 13.0. The minimum atomic E-state index is -3.55. The number of carbonyl (C=O) groups excluding carboxylic acids is 1. The molecule has 33 heavy (non-hydrogen) atoms. The summed E-state index contributed by atoms with van der Waals surface area (Å²) in [6.07, 6.45) is 1.38. The molecule has 1 aromatic heterocycles. The number of carbonyl (C=O) groups is 1. The fourth-order valence-corrected chi connectivity index (χ4v) is 7.56. The number of nitrogens with zero attached hydrogens (tertiary/aromatic N) is 3. The van der Waals surface area contributed by atoms with Gasteiger partial charge in [0.1, 0.15) is 4.21 Å². The normalized spacial score (nSPS) is 20.7. The molecule has 9 heteroatoms. The van der Waals surface area contributed by atoms with Crippen LogP contribution in [0.1, 0.15) is 30.2 Å². The summed E-state index contributed by atoms with van der Waals surface area (Å²) in [6.45, 7) is 12.0. The van der Waals surface area contributed by atoms with E-state index in [-0.39, 0.29) is 18.4 Å². The predicted molar refractivity (Wildman–Crippen MR) is 135 cm³/mol. The lowest BCUT2D eigenvalue weighted by Crippen LogP contribution is -2.46. The van der Waals surface area contributed by atoms with Gasteiger partial charge in [-0.3, -0.25) is 4.79 Å². The largest absolute Gasteiger partial charge is 0.369 e. The minimum Gasteiger partial charge on any atom is -0.369 e. The molecule has 1 N–H and O–H groups in total. The van der Waals surface area contributed by atoms with E-state index in [0.29, 0.717) is 23.6 Å². The van der Waals surface area contributed by atoms with Crippen LogP contribution in [0.15, 0.2) is 34.5 Å². The van der Waals surface area contributed by atoms with Gasteiger partial charge in [0.2, 0.25) is 5.91 Å². The van der Waals surface area contributed by atoms with Crippen molar-refractivity contribution in [1.29, 1.82) is 0 Å². The zero-order valence-electron chi connectivity index (χ0n) is 19.7. The van der Waals surface area contributed by atoms with E-state index in [0.717, 1.165) is 48.9 Å². The fraction of sp³-hybridized carbons (Fsp3) is 0.542. The molecule has 4 rings (SSSR count). The van der Waals surface area contributed by atoms with Gasteiger partial charge in [-0.05, 0) is 69.1 Å². The molecule has 2 aliphatic rings. The molecule has 0 radical (unpaired) electrons. The van der Waals surface area contributed by atoms with Crippen LogP contribution in [0.25, 0.3) is 0 Å². The van der Waals surface area contributed by atoms with Crippen molar-refractivity contribution in [2.45, 2.75) is 37.8 Å². The van der Waals surface area contributed by atoms with Crippen LogP contribution in [-0.2, 0) is 14.8 Å². The summed E-state index contributed by atoms with van der Waals surface area (Å²) in [5.74, 6) is -0.458. The molecule has 180 valence electrons. The van der Waals surface area contributed by atoms with E-state index in [2.05, 4.69) is 34.2 Å². The highest BCUT2D eigenvalue weighted by atomic mass is 32.2. The van der Waals surface area contributed by atoms with Crippen molar-refractivity contribution in [1.82, 2.24) is 9.21 Å². The predicted octanol–water partition coefficient (Wildman–Crippen LogP) is 3.55. The molecule has 1 amide bonds. The van der Waals surface area contributed by atoms with Crippen LogP contribution < -0.4 is 10.2 Å². The average Bonchev–Trinajstić information content (AvgIpc) is 3.27. The zero-order chi connectivity index (χ0) is 23.6. The average molecular weight is 491 g/mol. The van der Waals surface area contributed by atoms with Crippen LogP contribution in [0, 0.1) is 19.8 Å². The summed E-state index contributed by atoms with van der Waals surface area (Å²) < 4.78 is 27.8. The number of sulfonamides is 1. The van der Waals surface area contributed by atoms with Gasteiger partial charge in [0, 0.05) is 55.5 Å². The van der Waals surface area contributed by atoms with Crippen molar-refractivity contribution < 1.29 is 13.2 Å². The number of hydrogen-bond acceptors (Lipinski definition) is 6. The van der Waals surface area contributed by atoms with E-state index in [9.17, 15) is 13.2 Å². The van der Waals surface area contributed by atoms with Crippen LogP contribution in [0.2, 0.25) is 0 Å². The summed E-state index contributed by atoms with van der Waals surface area (Å²) in [4.78, 5) is 18.8. The van der Waals surface area contributed by atoms with Gasteiger partial charge in [-0.25, -0.2) is 8.42 Å². The fourth-order valence-electron chi connectivity index (χ4n) is 4.59. The summed E-state index contributed by atoms with van der Waals surface area (Å²) in [5, 5.41) is 3.06. The van der Waals surface area contributed by atoms with Crippen molar-refractivity contribution in [2.75, 3.05) is 56.0 Å². The van der Waals surface area contributed by atoms with E-state index >= 15 is 0 Å². The van der Waals surface area contributed by atoms with Crippen LogP contribution >= 0.6 is 11.3 Å². The van der Waals surface area contributed by atoms with Crippen molar-refractivity contribution >= 4 is 38.6 Å². The first-order valence-corrected chi connectivity index (χ1v) is 14.0. The third-order valence-electron chi connectivity index (χ3n) is 6.72. The Morgan fingerprint density at radius 1 is 1.09 bits per heavy atom. The van der Waals surface area contributed by atoms with Crippen molar-refractivity contribution in [2.24, 2.45) is 5.92 Å². The van der Waals surface area contributed by atoms with E-state index in [1.54, 1.807) is 6.07 Å². The topological polar surface area (TPSA) is 73.0 Å². The molecular formula is C24H34N4O3S2. The Kier molecular flexibility index (Phi) is 7.43. The van der Waals surface area contributed by atoms with E-state index in [4.69, 9.17) is 0 Å². The van der Waals surface area contributed by atoms with Gasteiger partial charge in [0.25, 0.3) is 10.0 Å². The lowest BCUT2D eigenvalue weighted by atomic mass is 9.98. The molecule has 1 atom stereocenters. The number of rotatable bonds is 6. The lowest BCUT2D eigenvalue weighted by Gasteiger charge is -2.35. The Morgan fingerprint density at radius 3 is 2.48 bits per heavy atom. The van der Waals surface area contributed by atoms with Crippen LogP contribution in [0.5, 0.6) is 0 Å². The van der Waals surface area contributed by atoms with Crippen molar-refractivity contribution in [3.8, 4) is 0 Å². The Morgan fingerprint density at radius 2 is 1.85 bits per heavy atom. The Bertz CT molecular complexity index is 1090. The van der Waals surface area contributed by atoms with Gasteiger partial charge in [0.05, 0.1) is 5.92 Å². The first-order chi connectivity index (χ1) is 15.8. The van der Waals surface area contributed by atoms with E-state index < -0.39 is 10.0 Å². The Balaban J connectivity index is 1.39. The summed E-state index contributed by atoms with van der Waals surface area (Å²) >= 11 is 1.28. The second kappa shape index (κ2) is 10.1. The molecule has 0 saturated carbocycles. The second-order valence-corrected chi connectivity index (χ2v) is 12.4. The Labute approximate surface area is 201 Å². The maximum absolute atomic E-state index is 13.0. The number of aryl methyl sites for hydroxylation is 2. The summed E-state index contributed by atoms with van der Waals surface area (Å²) in [7, 11) is -3.55. The number of nitrogens with one attached hydrogen (secondary N) is 1. The number of likely N-dealkylation sites (N-methyl/N-ethyl adjacent to an activating group) is 1. The molecule has 2 aliphatic heterocycles. The second-order valence-electron chi connectivity index (χ2n) is 8.98. The third-order valence-corrected chi connectivity index (χ3v) is 10.1. The molecule has 0 bridgehead atoms. The van der Waals surface area contributed by atoms with Crippen LogP contribution in [0.4, 0.5) is 11.4 Å². The lowest BCUT2D eigenvalue weighted by molar-refractivity contribution is -0.120. The molecule has 0 aliphatic carbocycles. The van der Waals surface area contributed by atoms with Crippen LogP contribution in [-0.4, -0.2) is 69.3 Å². The molecule has 1 aromatic carbocycles. The number of piperazine rings is 1. The molecule has 2 saturated heterocycles. The highest BCUT2D eigenvalue weighted by Crippen LogP contribution is 2.29. The molecule has 2 aromatic rings. The van der Waals surface area contributed by atoms with Gasteiger partial charge < -0.3 is 15.1 Å². The zero-order valence-corrected chi connectivity index (χ0v) is 21.3. The van der Waals surface area contributed by atoms with Crippen LogP contribution in [0.3, 0.4) is 0 Å². The quantitative estimate of drug-likeness (QED) is 0.671. The number of piperidine rings is 1. The highest BCUT2D eigenvalue weighted by Gasteiger charge is 2.34. The number of benzene rings is 1. The number of anilines is 2. The Hall–Kier alpha value is -1.94. The first-order valence-electron chi connectivity index (χ1n) is 11.7. The molecule has 3 heterocycles. The SMILES string of the molecule is CCN1CCN(c2ccc(NC(=O)C3CCCN(S(=O)(=O)c4ccc(C)s4)C3)c(C)c2)CC1. The molecular weight excluding hydrogens is 456 g/mol. The maximum Gasteiger partial charge on any atom is 0.252 e. The van der Waals surface area contributed by atoms with Gasteiger partial charge >= 0.3 is 0 Å². The summed E-state index contributed by atoms with van der Waals surface area (Å²) in [5.41, 5.74) is 3.00. The minimum absolute atomic E-state index is 0.107. The number of hydrogen-bond donors (Lipinski definition) is 1. The van der Waals surface area contributed by atoms with Gasteiger partial charge in [-0.1, -0.05) is 6.92 Å². The van der Waals surface area contributed by atoms with Crippen molar-refractivity contribution in [3.63, 3.8) is 0 Å².